The summed E-state index contributed by atoms with van der Waals surface area (Å²) >= 11 is 0. The monoisotopic (exact) mass is 454 g/mol. The number of nitrogens with one attached hydrogen (secondary N) is 2. The zero-order chi connectivity index (χ0) is 24.0. The van der Waals surface area contributed by atoms with Crippen LogP contribution >= 0.6 is 0 Å². The van der Waals surface area contributed by atoms with Crippen LogP contribution in [0.5, 0.6) is 0 Å². The lowest BCUT2D eigenvalue weighted by Gasteiger charge is -2.24. The SMILES string of the molecule is CC(C)C[C@@H](NC(=O)[C@H](CO)NC(=O)c1cccc(-c2ccccc2)c1)C(=O)[C@]1(CO)CO1. The van der Waals surface area contributed by atoms with Gasteiger partial charge in [0.2, 0.25) is 5.91 Å². The van der Waals surface area contributed by atoms with Crippen molar-refractivity contribution in [3.63, 3.8) is 0 Å². The Bertz CT molecular complexity index is 987. The number of aliphatic hydroxyl groups excluding tert-OH is 2. The fourth-order valence-electron chi connectivity index (χ4n) is 3.60. The van der Waals surface area contributed by atoms with Gasteiger partial charge in [-0.15, -0.1) is 0 Å². The van der Waals surface area contributed by atoms with Gasteiger partial charge in [0.25, 0.3) is 5.91 Å². The molecule has 33 heavy (non-hydrogen) atoms. The Morgan fingerprint density at radius 1 is 0.970 bits per heavy atom. The fourth-order valence-corrected chi connectivity index (χ4v) is 3.60. The van der Waals surface area contributed by atoms with Crippen LogP contribution in [0.15, 0.2) is 54.6 Å². The highest BCUT2D eigenvalue weighted by Crippen LogP contribution is 2.30. The molecule has 2 aromatic carbocycles. The van der Waals surface area contributed by atoms with E-state index in [0.717, 1.165) is 11.1 Å². The van der Waals surface area contributed by atoms with Crippen LogP contribution in [0, 0.1) is 5.92 Å². The Balaban J connectivity index is 1.70. The van der Waals surface area contributed by atoms with Crippen molar-refractivity contribution in [2.45, 2.75) is 38.0 Å². The summed E-state index contributed by atoms with van der Waals surface area (Å²) in [5.41, 5.74) is 0.846. The van der Waals surface area contributed by atoms with Crippen LogP contribution in [-0.2, 0) is 14.3 Å². The van der Waals surface area contributed by atoms with Gasteiger partial charge in [0, 0.05) is 5.56 Å². The van der Waals surface area contributed by atoms with Crippen molar-refractivity contribution in [3.8, 4) is 11.1 Å². The number of amides is 2. The molecule has 2 amide bonds. The highest BCUT2D eigenvalue weighted by molar-refractivity contribution is 6.00. The van der Waals surface area contributed by atoms with E-state index in [2.05, 4.69) is 10.6 Å². The third-order valence-corrected chi connectivity index (χ3v) is 5.57. The van der Waals surface area contributed by atoms with Crippen LogP contribution in [0.1, 0.15) is 30.6 Å². The second-order valence-electron chi connectivity index (χ2n) is 8.65. The molecule has 2 aromatic rings. The average Bonchev–Trinajstić information content (AvgIpc) is 3.63. The molecule has 1 aliphatic rings. The normalized spacial score (nSPS) is 18.9. The molecule has 1 heterocycles. The topological polar surface area (TPSA) is 128 Å². The van der Waals surface area contributed by atoms with Crippen molar-refractivity contribution < 1.29 is 29.3 Å². The third kappa shape index (κ3) is 6.04. The molecule has 1 saturated heterocycles. The van der Waals surface area contributed by atoms with Gasteiger partial charge in [-0.3, -0.25) is 14.4 Å². The molecule has 1 fully saturated rings. The van der Waals surface area contributed by atoms with Gasteiger partial charge in [-0.05, 0) is 35.6 Å². The highest BCUT2D eigenvalue weighted by atomic mass is 16.6. The van der Waals surface area contributed by atoms with Crippen molar-refractivity contribution in [3.05, 3.63) is 60.2 Å². The van der Waals surface area contributed by atoms with Crippen molar-refractivity contribution in [1.29, 1.82) is 0 Å². The maximum absolute atomic E-state index is 12.8. The number of hydrogen-bond donors (Lipinski definition) is 4. The number of carbonyl (C=O) groups excluding carboxylic acids is 3. The number of benzene rings is 2. The molecular weight excluding hydrogens is 424 g/mol. The van der Waals surface area contributed by atoms with E-state index in [-0.39, 0.29) is 12.5 Å². The molecule has 1 aliphatic heterocycles. The van der Waals surface area contributed by atoms with Crippen molar-refractivity contribution in [2.24, 2.45) is 5.92 Å². The summed E-state index contributed by atoms with van der Waals surface area (Å²) in [5, 5.41) is 24.4. The molecule has 0 aromatic heterocycles. The minimum atomic E-state index is -1.28. The van der Waals surface area contributed by atoms with Gasteiger partial charge in [-0.2, -0.15) is 0 Å². The summed E-state index contributed by atoms with van der Waals surface area (Å²) < 4.78 is 5.14. The van der Waals surface area contributed by atoms with E-state index in [4.69, 9.17) is 4.74 Å². The zero-order valence-corrected chi connectivity index (χ0v) is 18.8. The summed E-state index contributed by atoms with van der Waals surface area (Å²) in [6.45, 7) is 2.80. The van der Waals surface area contributed by atoms with Gasteiger partial charge in [-0.25, -0.2) is 0 Å². The zero-order valence-electron chi connectivity index (χ0n) is 18.8. The quantitative estimate of drug-likeness (QED) is 0.379. The number of ketones is 1. The second kappa shape index (κ2) is 10.7. The molecule has 0 unspecified atom stereocenters. The maximum Gasteiger partial charge on any atom is 0.252 e. The molecule has 0 saturated carbocycles. The summed E-state index contributed by atoms with van der Waals surface area (Å²) in [4.78, 5) is 38.4. The third-order valence-electron chi connectivity index (χ3n) is 5.57. The first-order chi connectivity index (χ1) is 15.8. The summed E-state index contributed by atoms with van der Waals surface area (Å²) in [6.07, 6.45) is 0.334. The van der Waals surface area contributed by atoms with Gasteiger partial charge in [0.05, 0.1) is 25.9 Å². The van der Waals surface area contributed by atoms with Crippen LogP contribution < -0.4 is 10.6 Å². The van der Waals surface area contributed by atoms with E-state index >= 15 is 0 Å². The predicted octanol–water partition coefficient (Wildman–Crippen LogP) is 1.31. The first kappa shape index (κ1) is 24.6. The Morgan fingerprint density at radius 2 is 1.64 bits per heavy atom. The number of epoxide rings is 1. The van der Waals surface area contributed by atoms with Crippen LogP contribution in [0.4, 0.5) is 0 Å². The van der Waals surface area contributed by atoms with Crippen LogP contribution in [0.25, 0.3) is 11.1 Å². The maximum atomic E-state index is 12.8. The molecule has 176 valence electrons. The Hall–Kier alpha value is -3.07. The van der Waals surface area contributed by atoms with Crippen LogP contribution in [0.3, 0.4) is 0 Å². The summed E-state index contributed by atoms with van der Waals surface area (Å²) in [7, 11) is 0. The second-order valence-corrected chi connectivity index (χ2v) is 8.65. The predicted molar refractivity (Wildman–Crippen MR) is 122 cm³/mol. The Kier molecular flexibility index (Phi) is 7.97. The van der Waals surface area contributed by atoms with Crippen molar-refractivity contribution >= 4 is 17.6 Å². The molecule has 8 nitrogen and oxygen atoms in total. The Morgan fingerprint density at radius 3 is 2.21 bits per heavy atom. The van der Waals surface area contributed by atoms with E-state index in [0.29, 0.717) is 12.0 Å². The van der Waals surface area contributed by atoms with Crippen molar-refractivity contribution in [2.75, 3.05) is 19.8 Å². The number of Topliss-reactive ketones (excluding diaryl/α,β-unsaturated/α-hetero) is 1. The number of rotatable bonds is 11. The lowest BCUT2D eigenvalue weighted by molar-refractivity contribution is -0.133. The minimum Gasteiger partial charge on any atom is -0.394 e. The first-order valence-electron chi connectivity index (χ1n) is 11.0. The van der Waals surface area contributed by atoms with Gasteiger partial charge in [-0.1, -0.05) is 56.3 Å². The van der Waals surface area contributed by atoms with E-state index in [1.54, 1.807) is 18.2 Å². The van der Waals surface area contributed by atoms with Gasteiger partial charge < -0.3 is 25.6 Å². The number of hydrogen-bond acceptors (Lipinski definition) is 6. The van der Waals surface area contributed by atoms with Gasteiger partial charge in [0.1, 0.15) is 6.04 Å². The first-order valence-corrected chi connectivity index (χ1v) is 11.0. The number of aliphatic hydroxyl groups is 2. The number of carbonyl (C=O) groups is 3. The van der Waals surface area contributed by atoms with Crippen LogP contribution in [0.2, 0.25) is 0 Å². The highest BCUT2D eigenvalue weighted by Gasteiger charge is 2.54. The summed E-state index contributed by atoms with van der Waals surface area (Å²) in [5.74, 6) is -1.54. The molecule has 8 heteroatoms. The average molecular weight is 455 g/mol. The van der Waals surface area contributed by atoms with E-state index < -0.39 is 48.5 Å². The van der Waals surface area contributed by atoms with Crippen molar-refractivity contribution in [1.82, 2.24) is 10.6 Å². The van der Waals surface area contributed by atoms with E-state index in [1.165, 1.54) is 0 Å². The molecule has 0 spiro atoms. The molecule has 3 rings (SSSR count). The molecule has 4 N–H and O–H groups in total. The molecular formula is C25H30N2O6. The van der Waals surface area contributed by atoms with E-state index in [9.17, 15) is 24.6 Å². The standard InChI is InChI=1S/C25H30N2O6/c1-16(2)11-20(22(30)25(14-29)15-33-25)26-24(32)21(13-28)27-23(31)19-10-6-9-18(12-19)17-7-4-3-5-8-17/h3-10,12,16,20-21,28-29H,11,13-15H2,1-2H3,(H,26,32)(H,27,31)/t20-,21+,25+/m1/s1. The lowest BCUT2D eigenvalue weighted by Crippen LogP contribution is -2.55. The minimum absolute atomic E-state index is 0.0802. The fraction of sp³-hybridized carbons (Fsp3) is 0.400. The van der Waals surface area contributed by atoms with Gasteiger partial charge in [0.15, 0.2) is 11.4 Å². The van der Waals surface area contributed by atoms with Crippen LogP contribution in [-0.4, -0.2) is 65.3 Å². The molecule has 0 bridgehead atoms. The molecule has 0 radical (unpaired) electrons. The Labute approximate surface area is 193 Å². The number of ether oxygens (including phenoxy) is 1. The lowest BCUT2D eigenvalue weighted by atomic mass is 9.92. The molecule has 0 aliphatic carbocycles. The summed E-state index contributed by atoms with van der Waals surface area (Å²) in [6, 6.07) is 14.4. The van der Waals surface area contributed by atoms with Gasteiger partial charge >= 0.3 is 0 Å². The molecule has 3 atom stereocenters. The van der Waals surface area contributed by atoms with E-state index in [1.807, 2.05) is 50.2 Å². The smallest absolute Gasteiger partial charge is 0.252 e. The largest absolute Gasteiger partial charge is 0.394 e.